The molecule has 0 bridgehead atoms. The summed E-state index contributed by atoms with van der Waals surface area (Å²) in [7, 11) is 0. The van der Waals surface area contributed by atoms with Crippen LogP contribution in [0.25, 0.3) is 129 Å². The van der Waals surface area contributed by atoms with Crippen molar-refractivity contribution >= 4 is 56.3 Å². The number of ether oxygens (including phenoxy) is 2. The van der Waals surface area contributed by atoms with Gasteiger partial charge in [0.15, 0.2) is 17.3 Å². The zero-order valence-corrected chi connectivity index (χ0v) is 79.4. The van der Waals surface area contributed by atoms with Gasteiger partial charge in [-0.05, 0) is 145 Å². The van der Waals surface area contributed by atoms with E-state index in [1.807, 2.05) is 286 Å². The zero-order chi connectivity index (χ0) is 90.6. The van der Waals surface area contributed by atoms with Crippen molar-refractivity contribution in [3.05, 3.63) is 510 Å². The topological polar surface area (TPSA) is 150 Å². The van der Waals surface area contributed by atoms with Crippen LogP contribution in [0, 0.1) is 55.2 Å². The second-order valence-corrected chi connectivity index (χ2v) is 30.6. The van der Waals surface area contributed by atoms with Crippen molar-refractivity contribution in [2.75, 3.05) is 9.80 Å². The molecule has 137 heavy (non-hydrogen) atoms. The first-order valence-electron chi connectivity index (χ1n) is 43.2. The number of pyridine rings is 3. The zero-order valence-electron chi connectivity index (χ0n) is 72.9. The van der Waals surface area contributed by atoms with Gasteiger partial charge in [-0.2, -0.15) is 16.7 Å². The van der Waals surface area contributed by atoms with Gasteiger partial charge in [0, 0.05) is 35.1 Å². The van der Waals surface area contributed by atoms with E-state index >= 15 is 0 Å². The molecule has 9 heterocycles. The molecule has 2 aliphatic heterocycles. The molecule has 7 aromatic heterocycles. The van der Waals surface area contributed by atoms with Crippen molar-refractivity contribution in [2.24, 2.45) is 0 Å². The van der Waals surface area contributed by atoms with Gasteiger partial charge >= 0.3 is 67.1 Å². The number of benzene rings is 15. The summed E-state index contributed by atoms with van der Waals surface area (Å²) in [6.45, 7) is 0. The molecule has 17 heteroatoms. The molecular formula is C120H75Au3N12O2. The normalized spacial score (nSPS) is 10.8. The molecule has 0 spiro atoms. The Bertz CT molecular complexity index is 7640. The summed E-state index contributed by atoms with van der Waals surface area (Å²) in [5.74, 6) is 13.2. The fourth-order valence-corrected chi connectivity index (χ4v) is 15.5. The van der Waals surface area contributed by atoms with Crippen LogP contribution in [0.4, 0.5) is 34.4 Å². The van der Waals surface area contributed by atoms with Gasteiger partial charge in [0.1, 0.15) is 17.2 Å². The molecular weight excluding hydrogens is 2230 g/mol. The molecule has 22 aromatic rings. The van der Waals surface area contributed by atoms with E-state index in [1.54, 1.807) is 12.4 Å². The van der Waals surface area contributed by atoms with E-state index in [0.717, 1.165) is 135 Å². The number of aromatic nitrogens is 10. The number of imidazole rings is 3. The molecule has 660 valence electrons. The maximum atomic E-state index is 6.69. The van der Waals surface area contributed by atoms with E-state index in [2.05, 4.69) is 238 Å². The number of rotatable bonds is 12. The Hall–Kier alpha value is -16.7. The van der Waals surface area contributed by atoms with E-state index in [9.17, 15) is 0 Å². The molecule has 14 nitrogen and oxygen atoms in total. The monoisotopic (exact) mass is 2310 g/mol. The minimum absolute atomic E-state index is 0. The van der Waals surface area contributed by atoms with Crippen LogP contribution in [0.3, 0.4) is 0 Å². The van der Waals surface area contributed by atoms with Crippen LogP contribution in [0.1, 0.15) is 16.7 Å². The summed E-state index contributed by atoms with van der Waals surface area (Å²) >= 11 is 0. The van der Waals surface area contributed by atoms with Gasteiger partial charge in [-0.1, -0.05) is 286 Å². The van der Waals surface area contributed by atoms with E-state index in [1.165, 1.54) is 38.8 Å². The van der Waals surface area contributed by atoms with Crippen LogP contribution in [-0.2, 0) is 67.1 Å². The van der Waals surface area contributed by atoms with Gasteiger partial charge in [0.25, 0.3) is 0 Å². The molecule has 0 fully saturated rings. The maximum absolute atomic E-state index is 6.69. The van der Waals surface area contributed by atoms with Gasteiger partial charge in [-0.15, -0.1) is 137 Å². The van der Waals surface area contributed by atoms with Crippen LogP contribution in [0.15, 0.2) is 456 Å². The van der Waals surface area contributed by atoms with E-state index in [-0.39, 0.29) is 67.1 Å². The number of para-hydroxylation sites is 5. The summed E-state index contributed by atoms with van der Waals surface area (Å²) in [5, 5.41) is 2.29. The average molecular weight is 2310 g/mol. The standard InChI is InChI=1S/2C32H20N4O.C32H20N4.3C8H5.3Au/c1-2-8-22(9-3-1)23-15-17-24(18-16-23)27-21-34-31(35-27)25-10-6-11-26(20-25)36-28-12-4-5-13-29(28)37-30-14-7-19-33-32(30)36;1-2-8-22(9-3-1)23-13-15-24(16-14-23)26-21-34-32(35-26)25-17-18-30-28(20-25)36(31-12-6-7-19-33-31)27-10-4-5-11-29(27)37-30;1-2-8-22(9-3-1)23-15-17-24(18-16-23)29-21-34-31(35-29)25-10-6-11-26(20-25)36-30-14-5-4-12-27(30)28-13-7-19-33-32(28)36;3*1-2-8-6-4-3-5-7-8;;;/h2*1-19,21H;1-19,21H;3*3-7H;;;/q3*-2;3*-1;3*+3. The minimum Gasteiger partial charge on any atom is -0.497 e. The van der Waals surface area contributed by atoms with E-state index < -0.39 is 0 Å². The Morgan fingerprint density at radius 2 is 0.635 bits per heavy atom. The Labute approximate surface area is 842 Å². The van der Waals surface area contributed by atoms with Crippen LogP contribution in [0.5, 0.6) is 23.0 Å². The van der Waals surface area contributed by atoms with Crippen LogP contribution in [0.2, 0.25) is 0 Å². The van der Waals surface area contributed by atoms with Crippen molar-refractivity contribution in [3.8, 4) is 148 Å². The Morgan fingerprint density at radius 3 is 1.10 bits per heavy atom. The summed E-state index contributed by atoms with van der Waals surface area (Å²) < 4.78 is 14.4. The Balaban J connectivity index is 0.000000131. The average Bonchev–Trinajstić information content (AvgIpc) is 1.66. The molecule has 0 saturated heterocycles. The second kappa shape index (κ2) is 45.1. The second-order valence-electron chi connectivity index (χ2n) is 30.6. The fraction of sp³-hybridized carbons (Fsp3) is 0. The first-order chi connectivity index (χ1) is 66.3. The Morgan fingerprint density at radius 1 is 0.270 bits per heavy atom. The third-order valence-corrected chi connectivity index (χ3v) is 22.0. The number of nitrogens with zero attached hydrogens (tertiary/aromatic N) is 12. The van der Waals surface area contributed by atoms with Gasteiger partial charge in [-0.3, -0.25) is 17.8 Å². The summed E-state index contributed by atoms with van der Waals surface area (Å²) in [6, 6.07) is 149. The number of fused-ring (bicyclic) bond motifs is 7. The fourth-order valence-electron chi connectivity index (χ4n) is 15.5. The third kappa shape index (κ3) is 21.8. The first kappa shape index (κ1) is 93.5. The van der Waals surface area contributed by atoms with E-state index in [0.29, 0.717) is 29.0 Å². The van der Waals surface area contributed by atoms with Crippen LogP contribution in [-0.4, -0.2) is 34.5 Å². The van der Waals surface area contributed by atoms with Gasteiger partial charge in [0.2, 0.25) is 0 Å². The van der Waals surface area contributed by atoms with Crippen LogP contribution >= 0.6 is 0 Å². The summed E-state index contributed by atoms with van der Waals surface area (Å²) in [4.78, 5) is 46.3. The largest absolute Gasteiger partial charge is 3.00 e. The third-order valence-electron chi connectivity index (χ3n) is 22.0. The molecule has 0 unspecified atom stereocenters. The van der Waals surface area contributed by atoms with Crippen molar-refractivity contribution in [1.29, 1.82) is 0 Å². The molecule has 0 amide bonds. The van der Waals surface area contributed by atoms with Crippen LogP contribution < -0.4 is 34.2 Å². The van der Waals surface area contributed by atoms with Crippen molar-refractivity contribution < 1.29 is 76.6 Å². The van der Waals surface area contributed by atoms with Crippen molar-refractivity contribution in [1.82, 2.24) is 49.4 Å². The van der Waals surface area contributed by atoms with Gasteiger partial charge in [-0.25, -0.2) is 15.0 Å². The quantitative estimate of drug-likeness (QED) is 0.0649. The van der Waals surface area contributed by atoms with E-state index in [4.69, 9.17) is 43.7 Å². The van der Waals surface area contributed by atoms with Crippen molar-refractivity contribution in [2.45, 2.75) is 0 Å². The van der Waals surface area contributed by atoms with Gasteiger partial charge < -0.3 is 73.0 Å². The number of hydrogen-bond acceptors (Lipinski definition) is 10. The maximum Gasteiger partial charge on any atom is 3.00 e. The first-order valence-corrected chi connectivity index (χ1v) is 43.2. The smallest absolute Gasteiger partial charge is 0.497 e. The molecule has 0 aliphatic carbocycles. The molecule has 0 radical (unpaired) electrons. The predicted octanol–water partition coefficient (Wildman–Crippen LogP) is 27.8. The van der Waals surface area contributed by atoms with Gasteiger partial charge in [0.05, 0.1) is 22.6 Å². The number of hydrogen-bond donors (Lipinski definition) is 0. The Kier molecular flexibility index (Phi) is 30.8. The number of anilines is 6. The molecule has 15 aromatic carbocycles. The molecule has 2 aliphatic rings. The molecule has 0 saturated carbocycles. The molecule has 24 rings (SSSR count). The summed E-state index contributed by atoms with van der Waals surface area (Å²) in [6.07, 6.45) is 30.9. The molecule has 0 N–H and O–H groups in total. The predicted molar refractivity (Wildman–Crippen MR) is 533 cm³/mol. The SMILES string of the molecule is [Au+3].[Au+3].[Au+3].[C-]#Cc1ccccc1.[C-]#Cc1ccccc1.[C-]#Cc1ccccc1.[c-]1c(-c2nc(-c3ccc(-c4ccccc4)cc3)c[n-]2)ccc2c1N(c1ccccn1)c1ccccc1O2.[c-]1c(-c2nc(-c3ccc(-c4ccccc4)cc3)c[n-]2)cccc1-n1c2ccccc2c2cccnc21.[c-]1c(-c2nc(-c3ccc(-c4ccccc4)cc3)c[n-]2)cccc1N1c2ccccc2Oc2cccnc21. The summed E-state index contributed by atoms with van der Waals surface area (Å²) in [5.41, 5.74) is 24.0. The van der Waals surface area contributed by atoms with Crippen molar-refractivity contribution in [3.63, 3.8) is 0 Å². The molecule has 0 atom stereocenters. The minimum atomic E-state index is 0.